The van der Waals surface area contributed by atoms with Gasteiger partial charge in [-0.25, -0.2) is 0 Å². The lowest BCUT2D eigenvalue weighted by Crippen LogP contribution is -2.25. The van der Waals surface area contributed by atoms with Gasteiger partial charge in [0.2, 0.25) is 0 Å². The van der Waals surface area contributed by atoms with Gasteiger partial charge in [-0.15, -0.1) is 0 Å². The molecule has 1 aliphatic rings. The molecule has 168 valence electrons. The SMILES string of the molecule is COc1ccc2c(c1)OC[C@H](c1ccccc1)[C@@H]2c1ccc(OCCC(OC)OC)cc1. The number of hydrogen-bond acceptors (Lipinski definition) is 5. The first-order chi connectivity index (χ1) is 15.7. The molecule has 3 aromatic carbocycles. The quantitative estimate of drug-likeness (QED) is 0.423. The first-order valence-corrected chi connectivity index (χ1v) is 10.9. The summed E-state index contributed by atoms with van der Waals surface area (Å²) in [5, 5.41) is 0. The van der Waals surface area contributed by atoms with Crippen LogP contribution in [0, 0.1) is 0 Å². The van der Waals surface area contributed by atoms with Crippen LogP contribution >= 0.6 is 0 Å². The number of methoxy groups -OCH3 is 3. The van der Waals surface area contributed by atoms with Crippen molar-refractivity contribution in [1.29, 1.82) is 0 Å². The van der Waals surface area contributed by atoms with E-state index in [0.29, 0.717) is 19.6 Å². The van der Waals surface area contributed by atoms with Gasteiger partial charge in [-0.05, 0) is 29.3 Å². The first kappa shape index (κ1) is 22.2. The van der Waals surface area contributed by atoms with Gasteiger partial charge in [0, 0.05) is 44.1 Å². The van der Waals surface area contributed by atoms with E-state index in [9.17, 15) is 0 Å². The van der Waals surface area contributed by atoms with Crippen molar-refractivity contribution in [3.05, 3.63) is 89.5 Å². The highest BCUT2D eigenvalue weighted by atomic mass is 16.7. The lowest BCUT2D eigenvalue weighted by Gasteiger charge is -2.34. The van der Waals surface area contributed by atoms with Gasteiger partial charge in [0.1, 0.15) is 17.2 Å². The van der Waals surface area contributed by atoms with E-state index in [0.717, 1.165) is 17.2 Å². The maximum atomic E-state index is 6.18. The molecule has 1 heterocycles. The Morgan fingerprint density at radius 2 is 1.56 bits per heavy atom. The molecule has 0 N–H and O–H groups in total. The summed E-state index contributed by atoms with van der Waals surface area (Å²) < 4.78 is 27.9. The van der Waals surface area contributed by atoms with Gasteiger partial charge in [0.15, 0.2) is 6.29 Å². The fourth-order valence-electron chi connectivity index (χ4n) is 4.29. The van der Waals surface area contributed by atoms with Crippen molar-refractivity contribution in [3.8, 4) is 17.2 Å². The van der Waals surface area contributed by atoms with Crippen LogP contribution in [0.2, 0.25) is 0 Å². The molecule has 5 nitrogen and oxygen atoms in total. The second-order valence-electron chi connectivity index (χ2n) is 7.82. The molecule has 5 heteroatoms. The zero-order chi connectivity index (χ0) is 22.3. The molecule has 0 bridgehead atoms. The van der Waals surface area contributed by atoms with E-state index in [1.54, 1.807) is 21.3 Å². The van der Waals surface area contributed by atoms with E-state index in [1.165, 1.54) is 16.7 Å². The van der Waals surface area contributed by atoms with Crippen LogP contribution in [0.25, 0.3) is 0 Å². The summed E-state index contributed by atoms with van der Waals surface area (Å²) in [6.07, 6.45) is 0.414. The summed E-state index contributed by atoms with van der Waals surface area (Å²) in [6.45, 7) is 1.14. The van der Waals surface area contributed by atoms with Crippen molar-refractivity contribution in [3.63, 3.8) is 0 Å². The Kier molecular flexibility index (Phi) is 7.30. The fourth-order valence-corrected chi connectivity index (χ4v) is 4.29. The first-order valence-electron chi connectivity index (χ1n) is 10.9. The summed E-state index contributed by atoms with van der Waals surface area (Å²) in [5.41, 5.74) is 3.67. The van der Waals surface area contributed by atoms with Crippen molar-refractivity contribution in [2.24, 2.45) is 0 Å². The second kappa shape index (κ2) is 10.5. The fraction of sp³-hybridized carbons (Fsp3) is 0.333. The van der Waals surface area contributed by atoms with E-state index in [-0.39, 0.29) is 18.1 Å². The molecule has 0 fully saturated rings. The smallest absolute Gasteiger partial charge is 0.160 e. The molecule has 0 aliphatic carbocycles. The molecule has 0 amide bonds. The molecule has 3 aromatic rings. The van der Waals surface area contributed by atoms with Gasteiger partial charge in [-0.3, -0.25) is 0 Å². The summed E-state index contributed by atoms with van der Waals surface area (Å²) >= 11 is 0. The summed E-state index contributed by atoms with van der Waals surface area (Å²) in [6, 6.07) is 25.0. The van der Waals surface area contributed by atoms with Crippen molar-refractivity contribution in [2.75, 3.05) is 34.5 Å². The highest BCUT2D eigenvalue weighted by Gasteiger charge is 2.33. The van der Waals surface area contributed by atoms with Crippen LogP contribution in [0.1, 0.15) is 34.9 Å². The van der Waals surface area contributed by atoms with E-state index >= 15 is 0 Å². The molecule has 1 aliphatic heterocycles. The molecule has 0 saturated heterocycles. The van der Waals surface area contributed by atoms with Gasteiger partial charge in [-0.2, -0.15) is 0 Å². The van der Waals surface area contributed by atoms with Crippen LogP contribution in [-0.2, 0) is 9.47 Å². The Labute approximate surface area is 189 Å². The Balaban J connectivity index is 1.59. The average Bonchev–Trinajstić information content (AvgIpc) is 2.86. The summed E-state index contributed by atoms with van der Waals surface area (Å²) in [5.74, 6) is 2.90. The zero-order valence-corrected chi connectivity index (χ0v) is 18.8. The largest absolute Gasteiger partial charge is 0.497 e. The van der Waals surface area contributed by atoms with Crippen LogP contribution in [0.15, 0.2) is 72.8 Å². The third kappa shape index (κ3) is 4.90. The number of ether oxygens (including phenoxy) is 5. The van der Waals surface area contributed by atoms with Gasteiger partial charge in [0.05, 0.1) is 20.3 Å². The van der Waals surface area contributed by atoms with Crippen molar-refractivity contribution >= 4 is 0 Å². The van der Waals surface area contributed by atoms with Crippen molar-refractivity contribution in [2.45, 2.75) is 24.5 Å². The molecular weight excluding hydrogens is 404 g/mol. The maximum absolute atomic E-state index is 6.18. The van der Waals surface area contributed by atoms with Gasteiger partial charge < -0.3 is 23.7 Å². The lowest BCUT2D eigenvalue weighted by molar-refractivity contribution is -0.110. The van der Waals surface area contributed by atoms with Gasteiger partial charge >= 0.3 is 0 Å². The molecular formula is C27H30O5. The Morgan fingerprint density at radius 1 is 0.844 bits per heavy atom. The van der Waals surface area contributed by atoms with Crippen molar-refractivity contribution in [1.82, 2.24) is 0 Å². The minimum absolute atomic E-state index is 0.174. The topological polar surface area (TPSA) is 46.2 Å². The molecule has 4 rings (SSSR count). The molecule has 0 aromatic heterocycles. The molecule has 0 saturated carbocycles. The summed E-state index contributed by atoms with van der Waals surface area (Å²) in [4.78, 5) is 0. The van der Waals surface area contributed by atoms with Crippen LogP contribution in [0.4, 0.5) is 0 Å². The van der Waals surface area contributed by atoms with Crippen LogP contribution in [0.5, 0.6) is 17.2 Å². The number of fused-ring (bicyclic) bond motifs is 1. The minimum atomic E-state index is -0.253. The van der Waals surface area contributed by atoms with Crippen molar-refractivity contribution < 1.29 is 23.7 Å². The second-order valence-corrected chi connectivity index (χ2v) is 7.82. The Bertz CT molecular complexity index is 983. The standard InChI is InChI=1S/C27H30O5/c1-28-22-13-14-23-25(17-22)32-18-24(19-7-5-4-6-8-19)27(23)20-9-11-21(12-10-20)31-16-15-26(29-2)30-3/h4-14,17,24,26-27H,15-16,18H2,1-3H3/t24-,27-/m1/s1. The van der Waals surface area contributed by atoms with Crippen LogP contribution in [-0.4, -0.2) is 40.8 Å². The molecule has 0 spiro atoms. The number of rotatable bonds is 9. The third-order valence-corrected chi connectivity index (χ3v) is 5.99. The van der Waals surface area contributed by atoms with Crippen LogP contribution < -0.4 is 14.2 Å². The summed E-state index contributed by atoms with van der Waals surface area (Å²) in [7, 11) is 4.94. The lowest BCUT2D eigenvalue weighted by atomic mass is 9.76. The van der Waals surface area contributed by atoms with E-state index < -0.39 is 0 Å². The Morgan fingerprint density at radius 3 is 2.25 bits per heavy atom. The zero-order valence-electron chi connectivity index (χ0n) is 18.8. The average molecular weight is 435 g/mol. The maximum Gasteiger partial charge on any atom is 0.160 e. The van der Waals surface area contributed by atoms with Gasteiger partial charge in [0.25, 0.3) is 0 Å². The molecule has 0 radical (unpaired) electrons. The van der Waals surface area contributed by atoms with Crippen LogP contribution in [0.3, 0.4) is 0 Å². The third-order valence-electron chi connectivity index (χ3n) is 5.99. The highest BCUT2D eigenvalue weighted by molar-refractivity contribution is 5.51. The molecule has 32 heavy (non-hydrogen) atoms. The molecule has 0 unspecified atom stereocenters. The van der Waals surface area contributed by atoms with E-state index in [2.05, 4.69) is 42.5 Å². The number of hydrogen-bond donors (Lipinski definition) is 0. The van der Waals surface area contributed by atoms with E-state index in [4.69, 9.17) is 23.7 Å². The predicted octanol–water partition coefficient (Wildman–Crippen LogP) is 5.39. The minimum Gasteiger partial charge on any atom is -0.497 e. The van der Waals surface area contributed by atoms with E-state index in [1.807, 2.05) is 30.3 Å². The molecule has 2 atom stereocenters. The monoisotopic (exact) mass is 434 g/mol. The normalized spacial score (nSPS) is 17.5. The highest BCUT2D eigenvalue weighted by Crippen LogP contribution is 2.47. The van der Waals surface area contributed by atoms with Gasteiger partial charge in [-0.1, -0.05) is 48.5 Å². The number of benzene rings is 3. The predicted molar refractivity (Wildman–Crippen MR) is 124 cm³/mol. The Hall–Kier alpha value is -3.02.